The second-order valence-electron chi connectivity index (χ2n) is 6.22. The minimum atomic E-state index is 0.0158. The van der Waals surface area contributed by atoms with Gasteiger partial charge in [0.25, 0.3) is 5.91 Å². The van der Waals surface area contributed by atoms with E-state index in [0.29, 0.717) is 15.8 Å². The molecule has 1 heterocycles. The summed E-state index contributed by atoms with van der Waals surface area (Å²) in [5.41, 5.74) is 0. The molecule has 23 heavy (non-hydrogen) atoms. The summed E-state index contributed by atoms with van der Waals surface area (Å²) < 4.78 is 5.54. The fraction of sp³-hybridized carbons (Fsp3) is 0.588. The van der Waals surface area contributed by atoms with Gasteiger partial charge < -0.3 is 9.64 Å². The first-order chi connectivity index (χ1) is 11.1. The molecule has 1 aliphatic carbocycles. The van der Waals surface area contributed by atoms with Crippen molar-refractivity contribution in [2.75, 3.05) is 32.8 Å². The molecule has 1 saturated heterocycles. The molecule has 0 spiro atoms. The summed E-state index contributed by atoms with van der Waals surface area (Å²) in [5, 5.41) is 0.980. The zero-order valence-electron chi connectivity index (χ0n) is 13.1. The van der Waals surface area contributed by atoms with Crippen molar-refractivity contribution in [3.8, 4) is 5.75 Å². The van der Waals surface area contributed by atoms with E-state index in [1.807, 2.05) is 4.90 Å². The van der Waals surface area contributed by atoms with Crippen molar-refractivity contribution in [1.82, 2.24) is 9.80 Å². The number of rotatable bonds is 4. The molecule has 1 aromatic rings. The molecule has 6 heteroatoms. The molecule has 0 bridgehead atoms. The van der Waals surface area contributed by atoms with Crippen molar-refractivity contribution in [3.05, 3.63) is 28.2 Å². The normalized spacial score (nSPS) is 20.0. The van der Waals surface area contributed by atoms with Crippen LogP contribution in [0.25, 0.3) is 0 Å². The van der Waals surface area contributed by atoms with E-state index in [-0.39, 0.29) is 12.5 Å². The van der Waals surface area contributed by atoms with Crippen LogP contribution < -0.4 is 4.74 Å². The molecule has 126 valence electrons. The van der Waals surface area contributed by atoms with Gasteiger partial charge in [-0.3, -0.25) is 9.69 Å². The van der Waals surface area contributed by atoms with E-state index in [1.165, 1.54) is 25.7 Å². The number of benzene rings is 1. The van der Waals surface area contributed by atoms with Gasteiger partial charge in [0.15, 0.2) is 6.61 Å². The number of hydrogen-bond acceptors (Lipinski definition) is 3. The van der Waals surface area contributed by atoms with Crippen molar-refractivity contribution in [3.63, 3.8) is 0 Å². The van der Waals surface area contributed by atoms with Crippen LogP contribution in [0.4, 0.5) is 0 Å². The maximum Gasteiger partial charge on any atom is 0.260 e. The fourth-order valence-corrected chi connectivity index (χ4v) is 3.89. The molecule has 4 nitrogen and oxygen atoms in total. The molecule has 0 atom stereocenters. The summed E-state index contributed by atoms with van der Waals surface area (Å²) in [4.78, 5) is 16.7. The molecular weight excluding hydrogens is 335 g/mol. The highest BCUT2D eigenvalue weighted by Gasteiger charge is 2.27. The van der Waals surface area contributed by atoms with Crippen LogP contribution in [0.1, 0.15) is 25.7 Å². The first kappa shape index (κ1) is 16.9. The lowest BCUT2D eigenvalue weighted by Crippen LogP contribution is -2.52. The zero-order chi connectivity index (χ0) is 16.2. The van der Waals surface area contributed by atoms with Gasteiger partial charge in [0.2, 0.25) is 0 Å². The van der Waals surface area contributed by atoms with Gasteiger partial charge in [-0.15, -0.1) is 0 Å². The molecule has 3 rings (SSSR count). The van der Waals surface area contributed by atoms with Gasteiger partial charge in [0.05, 0.1) is 5.02 Å². The molecular formula is C17H22Cl2N2O2. The van der Waals surface area contributed by atoms with Crippen LogP contribution in [-0.2, 0) is 4.79 Å². The number of hydrogen-bond donors (Lipinski definition) is 0. The van der Waals surface area contributed by atoms with Crippen LogP contribution in [0.3, 0.4) is 0 Å². The summed E-state index contributed by atoms with van der Waals surface area (Å²) in [7, 11) is 0. The van der Waals surface area contributed by atoms with Crippen molar-refractivity contribution < 1.29 is 9.53 Å². The van der Waals surface area contributed by atoms with Crippen LogP contribution in [0.5, 0.6) is 5.75 Å². The molecule has 0 aromatic heterocycles. The minimum absolute atomic E-state index is 0.0158. The number of carbonyl (C=O) groups is 1. The van der Waals surface area contributed by atoms with Gasteiger partial charge in [-0.05, 0) is 31.0 Å². The predicted octanol–water partition coefficient (Wildman–Crippen LogP) is 3.46. The van der Waals surface area contributed by atoms with Gasteiger partial charge in [-0.1, -0.05) is 36.0 Å². The van der Waals surface area contributed by atoms with E-state index in [2.05, 4.69) is 4.90 Å². The Labute approximate surface area is 147 Å². The van der Waals surface area contributed by atoms with Gasteiger partial charge in [0, 0.05) is 37.2 Å². The molecule has 1 amide bonds. The second kappa shape index (κ2) is 7.73. The summed E-state index contributed by atoms with van der Waals surface area (Å²) in [5.74, 6) is 0.510. The molecule has 1 aromatic carbocycles. The number of amides is 1. The van der Waals surface area contributed by atoms with Crippen LogP contribution in [0.15, 0.2) is 18.2 Å². The first-order valence-corrected chi connectivity index (χ1v) is 8.99. The fourth-order valence-electron chi connectivity index (χ4n) is 3.43. The second-order valence-corrected chi connectivity index (χ2v) is 7.06. The highest BCUT2D eigenvalue weighted by Crippen LogP contribution is 2.27. The Morgan fingerprint density at radius 1 is 1.13 bits per heavy atom. The van der Waals surface area contributed by atoms with Crippen LogP contribution in [0, 0.1) is 0 Å². The molecule has 0 N–H and O–H groups in total. The average Bonchev–Trinajstić information content (AvgIpc) is 3.08. The smallest absolute Gasteiger partial charge is 0.260 e. The SMILES string of the molecule is O=C(COc1ccc(Cl)cc1Cl)N1CCN(C2CCCC2)CC1. The van der Waals surface area contributed by atoms with Crippen LogP contribution >= 0.6 is 23.2 Å². The van der Waals surface area contributed by atoms with E-state index >= 15 is 0 Å². The molecule has 0 unspecified atom stereocenters. The Morgan fingerprint density at radius 2 is 1.83 bits per heavy atom. The summed E-state index contributed by atoms with van der Waals surface area (Å²) in [6, 6.07) is 5.74. The minimum Gasteiger partial charge on any atom is -0.482 e. The van der Waals surface area contributed by atoms with Gasteiger partial charge in [-0.2, -0.15) is 0 Å². The Kier molecular flexibility index (Phi) is 5.67. The third kappa shape index (κ3) is 4.31. The highest BCUT2D eigenvalue weighted by molar-refractivity contribution is 6.35. The van der Waals surface area contributed by atoms with E-state index in [4.69, 9.17) is 27.9 Å². The standard InChI is InChI=1S/C17H22Cl2N2O2/c18-13-5-6-16(15(19)11-13)23-12-17(22)21-9-7-20(8-10-21)14-3-1-2-4-14/h5-6,11,14H,1-4,7-10,12H2. The zero-order valence-corrected chi connectivity index (χ0v) is 14.7. The molecule has 0 radical (unpaired) electrons. The first-order valence-electron chi connectivity index (χ1n) is 8.23. The summed E-state index contributed by atoms with van der Waals surface area (Å²) >= 11 is 11.9. The van der Waals surface area contributed by atoms with E-state index in [1.54, 1.807) is 18.2 Å². The molecule has 2 fully saturated rings. The maximum absolute atomic E-state index is 12.3. The van der Waals surface area contributed by atoms with Gasteiger partial charge in [0.1, 0.15) is 5.75 Å². The Morgan fingerprint density at radius 3 is 2.48 bits per heavy atom. The highest BCUT2D eigenvalue weighted by atomic mass is 35.5. The third-order valence-corrected chi connectivity index (χ3v) is 5.28. The monoisotopic (exact) mass is 356 g/mol. The summed E-state index contributed by atoms with van der Waals surface area (Å²) in [6.07, 6.45) is 5.32. The van der Waals surface area contributed by atoms with Crippen molar-refractivity contribution in [2.24, 2.45) is 0 Å². The number of ether oxygens (including phenoxy) is 1. The Hall–Kier alpha value is -0.970. The largest absolute Gasteiger partial charge is 0.482 e. The topological polar surface area (TPSA) is 32.8 Å². The Balaban J connectivity index is 1.46. The van der Waals surface area contributed by atoms with Gasteiger partial charge >= 0.3 is 0 Å². The van der Waals surface area contributed by atoms with Crippen molar-refractivity contribution in [1.29, 1.82) is 0 Å². The number of piperazine rings is 1. The summed E-state index contributed by atoms with van der Waals surface area (Å²) in [6.45, 7) is 3.53. The lowest BCUT2D eigenvalue weighted by atomic mass is 10.2. The Bertz CT molecular complexity index is 554. The molecule has 1 saturated carbocycles. The molecule has 1 aliphatic heterocycles. The lowest BCUT2D eigenvalue weighted by Gasteiger charge is -2.38. The maximum atomic E-state index is 12.3. The number of halogens is 2. The van der Waals surface area contributed by atoms with E-state index in [9.17, 15) is 4.79 Å². The van der Waals surface area contributed by atoms with Crippen LogP contribution in [-0.4, -0.2) is 54.5 Å². The van der Waals surface area contributed by atoms with Crippen LogP contribution in [0.2, 0.25) is 10.0 Å². The lowest BCUT2D eigenvalue weighted by molar-refractivity contribution is -0.135. The molecule has 2 aliphatic rings. The predicted molar refractivity (Wildman–Crippen MR) is 92.4 cm³/mol. The third-order valence-electron chi connectivity index (χ3n) is 4.75. The average molecular weight is 357 g/mol. The number of carbonyl (C=O) groups excluding carboxylic acids is 1. The number of nitrogens with zero attached hydrogens (tertiary/aromatic N) is 2. The van der Waals surface area contributed by atoms with Crippen molar-refractivity contribution >= 4 is 29.1 Å². The van der Waals surface area contributed by atoms with Gasteiger partial charge in [-0.25, -0.2) is 0 Å². The van der Waals surface area contributed by atoms with Crippen molar-refractivity contribution in [2.45, 2.75) is 31.7 Å². The van der Waals surface area contributed by atoms with E-state index < -0.39 is 0 Å². The quantitative estimate of drug-likeness (QED) is 0.827. The van der Waals surface area contributed by atoms with E-state index in [0.717, 1.165) is 32.2 Å².